The standard InChI is InChI=1S/C15H18N2O3S2/c1-10(14-16-12-5-3-4-6-13(12)21-14)17(2)15(18)11-7-8-22(19,20)9-11/h3-6,10-11H,7-9H2,1-2H3/t10-,11+/m1/s1. The van der Waals surface area contributed by atoms with Crippen LogP contribution in [0.2, 0.25) is 0 Å². The molecule has 1 saturated heterocycles. The van der Waals surface area contributed by atoms with E-state index in [2.05, 4.69) is 4.98 Å². The Labute approximate surface area is 133 Å². The zero-order valence-electron chi connectivity index (χ0n) is 12.5. The number of amides is 1. The zero-order valence-corrected chi connectivity index (χ0v) is 14.2. The van der Waals surface area contributed by atoms with Crippen molar-refractivity contribution >= 4 is 37.3 Å². The Morgan fingerprint density at radius 2 is 2.14 bits per heavy atom. The molecule has 2 atom stereocenters. The van der Waals surface area contributed by atoms with Gasteiger partial charge in [0.05, 0.1) is 33.7 Å². The third-order valence-electron chi connectivity index (χ3n) is 4.18. The van der Waals surface area contributed by atoms with Crippen molar-refractivity contribution in [2.45, 2.75) is 19.4 Å². The van der Waals surface area contributed by atoms with E-state index in [0.29, 0.717) is 6.42 Å². The molecule has 1 fully saturated rings. The summed E-state index contributed by atoms with van der Waals surface area (Å²) in [6.45, 7) is 1.93. The van der Waals surface area contributed by atoms with Crippen LogP contribution in [0.5, 0.6) is 0 Å². The molecule has 0 radical (unpaired) electrons. The predicted molar refractivity (Wildman–Crippen MR) is 87.6 cm³/mol. The molecule has 0 N–H and O–H groups in total. The Balaban J connectivity index is 1.79. The molecular weight excluding hydrogens is 320 g/mol. The summed E-state index contributed by atoms with van der Waals surface area (Å²) >= 11 is 1.57. The monoisotopic (exact) mass is 338 g/mol. The zero-order chi connectivity index (χ0) is 15.9. The first kappa shape index (κ1) is 15.4. The van der Waals surface area contributed by atoms with Crippen LogP contribution in [0, 0.1) is 5.92 Å². The van der Waals surface area contributed by atoms with E-state index in [1.807, 2.05) is 31.2 Å². The van der Waals surface area contributed by atoms with Crippen LogP contribution in [0.1, 0.15) is 24.4 Å². The summed E-state index contributed by atoms with van der Waals surface area (Å²) in [6, 6.07) is 7.71. The fraction of sp³-hybridized carbons (Fsp3) is 0.467. The Morgan fingerprint density at radius 3 is 2.77 bits per heavy atom. The molecule has 5 nitrogen and oxygen atoms in total. The van der Waals surface area contributed by atoms with Gasteiger partial charge in [-0.3, -0.25) is 4.79 Å². The number of thiazole rings is 1. The summed E-state index contributed by atoms with van der Waals surface area (Å²) in [4.78, 5) is 18.7. The number of hydrogen-bond donors (Lipinski definition) is 0. The van der Waals surface area contributed by atoms with Crippen molar-refractivity contribution in [1.82, 2.24) is 9.88 Å². The molecule has 1 aliphatic heterocycles. The van der Waals surface area contributed by atoms with E-state index in [1.54, 1.807) is 23.3 Å². The molecule has 7 heteroatoms. The van der Waals surface area contributed by atoms with Gasteiger partial charge in [0.2, 0.25) is 5.91 Å². The fourth-order valence-electron chi connectivity index (χ4n) is 2.70. The maximum absolute atomic E-state index is 12.5. The molecule has 0 saturated carbocycles. The van der Waals surface area contributed by atoms with Gasteiger partial charge in [-0.25, -0.2) is 13.4 Å². The van der Waals surface area contributed by atoms with Crippen molar-refractivity contribution in [3.05, 3.63) is 29.3 Å². The van der Waals surface area contributed by atoms with Crippen LogP contribution in [0.3, 0.4) is 0 Å². The van der Waals surface area contributed by atoms with Gasteiger partial charge in [-0.05, 0) is 25.5 Å². The predicted octanol–water partition coefficient (Wildman–Crippen LogP) is 2.25. The SMILES string of the molecule is C[C@H](c1nc2ccccc2s1)N(C)C(=O)[C@H]1CCS(=O)(=O)C1. The molecule has 0 bridgehead atoms. The maximum Gasteiger partial charge on any atom is 0.227 e. The van der Waals surface area contributed by atoms with Gasteiger partial charge in [-0.15, -0.1) is 11.3 Å². The molecule has 1 aromatic heterocycles. The minimum Gasteiger partial charge on any atom is -0.336 e. The molecule has 118 valence electrons. The number of hydrogen-bond acceptors (Lipinski definition) is 5. The number of fused-ring (bicyclic) bond motifs is 1. The first-order valence-corrected chi connectivity index (χ1v) is 9.84. The first-order valence-electron chi connectivity index (χ1n) is 7.20. The number of para-hydroxylation sites is 1. The molecule has 2 heterocycles. The van der Waals surface area contributed by atoms with E-state index in [0.717, 1.165) is 15.2 Å². The highest BCUT2D eigenvalue weighted by molar-refractivity contribution is 7.91. The van der Waals surface area contributed by atoms with Gasteiger partial charge < -0.3 is 4.90 Å². The summed E-state index contributed by atoms with van der Waals surface area (Å²) in [7, 11) is -1.32. The number of sulfone groups is 1. The van der Waals surface area contributed by atoms with Gasteiger partial charge in [-0.1, -0.05) is 12.1 Å². The lowest BCUT2D eigenvalue weighted by Crippen LogP contribution is -2.35. The third-order valence-corrected chi connectivity index (χ3v) is 7.15. The van der Waals surface area contributed by atoms with Crippen molar-refractivity contribution < 1.29 is 13.2 Å². The molecule has 0 spiro atoms. The minimum atomic E-state index is -3.05. The van der Waals surface area contributed by atoms with Crippen LogP contribution >= 0.6 is 11.3 Å². The van der Waals surface area contributed by atoms with Gasteiger partial charge >= 0.3 is 0 Å². The van der Waals surface area contributed by atoms with E-state index in [4.69, 9.17) is 0 Å². The van der Waals surface area contributed by atoms with Crippen LogP contribution in [0.4, 0.5) is 0 Å². The third kappa shape index (κ3) is 2.87. The average molecular weight is 338 g/mol. The van der Waals surface area contributed by atoms with Crippen LogP contribution in [-0.2, 0) is 14.6 Å². The average Bonchev–Trinajstić information content (AvgIpc) is 3.07. The van der Waals surface area contributed by atoms with Crippen LogP contribution in [0.25, 0.3) is 10.2 Å². The van der Waals surface area contributed by atoms with Gasteiger partial charge in [0.25, 0.3) is 0 Å². The largest absolute Gasteiger partial charge is 0.336 e. The van der Waals surface area contributed by atoms with Crippen LogP contribution in [-0.4, -0.2) is 42.8 Å². The molecule has 1 aliphatic rings. The van der Waals surface area contributed by atoms with Gasteiger partial charge in [-0.2, -0.15) is 0 Å². The van der Waals surface area contributed by atoms with Crippen molar-refractivity contribution in [3.63, 3.8) is 0 Å². The Kier molecular flexibility index (Phi) is 3.94. The van der Waals surface area contributed by atoms with Crippen LogP contribution in [0.15, 0.2) is 24.3 Å². The van der Waals surface area contributed by atoms with E-state index in [-0.39, 0.29) is 23.5 Å². The second kappa shape index (κ2) is 5.62. The highest BCUT2D eigenvalue weighted by Gasteiger charge is 2.36. The number of carbonyl (C=O) groups is 1. The van der Waals surface area contributed by atoms with Gasteiger partial charge in [0.1, 0.15) is 5.01 Å². The second-order valence-electron chi connectivity index (χ2n) is 5.74. The molecule has 1 amide bonds. The highest BCUT2D eigenvalue weighted by Crippen LogP contribution is 2.30. The number of carbonyl (C=O) groups excluding carboxylic acids is 1. The van der Waals surface area contributed by atoms with E-state index < -0.39 is 15.8 Å². The van der Waals surface area contributed by atoms with E-state index in [9.17, 15) is 13.2 Å². The summed E-state index contributed by atoms with van der Waals surface area (Å²) in [5.41, 5.74) is 0.929. The lowest BCUT2D eigenvalue weighted by atomic mass is 10.1. The molecule has 0 aliphatic carbocycles. The number of nitrogens with zero attached hydrogens (tertiary/aromatic N) is 2. The molecule has 22 heavy (non-hydrogen) atoms. The topological polar surface area (TPSA) is 67.3 Å². The molecule has 1 aromatic carbocycles. The quantitative estimate of drug-likeness (QED) is 0.861. The minimum absolute atomic E-state index is 0.0251. The van der Waals surface area contributed by atoms with Gasteiger partial charge in [0, 0.05) is 7.05 Å². The fourth-order valence-corrected chi connectivity index (χ4v) is 5.50. The van der Waals surface area contributed by atoms with Crippen molar-refractivity contribution in [1.29, 1.82) is 0 Å². The van der Waals surface area contributed by atoms with E-state index >= 15 is 0 Å². The first-order chi connectivity index (χ1) is 10.4. The molecule has 0 unspecified atom stereocenters. The Bertz CT molecular complexity index is 780. The highest BCUT2D eigenvalue weighted by atomic mass is 32.2. The van der Waals surface area contributed by atoms with Crippen molar-refractivity contribution in [2.24, 2.45) is 5.92 Å². The lowest BCUT2D eigenvalue weighted by molar-refractivity contribution is -0.135. The summed E-state index contributed by atoms with van der Waals surface area (Å²) in [5.74, 6) is -0.421. The van der Waals surface area contributed by atoms with Gasteiger partial charge in [0.15, 0.2) is 9.84 Å². The smallest absolute Gasteiger partial charge is 0.227 e. The molecule has 2 aromatic rings. The van der Waals surface area contributed by atoms with Crippen molar-refractivity contribution in [3.8, 4) is 0 Å². The molecular formula is C15H18N2O3S2. The normalized spacial score (nSPS) is 21.8. The Morgan fingerprint density at radius 1 is 1.41 bits per heavy atom. The summed E-state index contributed by atoms with van der Waals surface area (Å²) < 4.78 is 24.2. The van der Waals surface area contributed by atoms with E-state index in [1.165, 1.54) is 0 Å². The summed E-state index contributed by atoms with van der Waals surface area (Å²) in [5, 5.41) is 0.873. The summed E-state index contributed by atoms with van der Waals surface area (Å²) in [6.07, 6.45) is 0.429. The van der Waals surface area contributed by atoms with Crippen LogP contribution < -0.4 is 0 Å². The van der Waals surface area contributed by atoms with Crippen molar-refractivity contribution in [2.75, 3.05) is 18.6 Å². The molecule has 3 rings (SSSR count). The number of aromatic nitrogens is 1. The number of rotatable bonds is 3. The number of benzene rings is 1. The Hall–Kier alpha value is -1.47. The maximum atomic E-state index is 12.5. The second-order valence-corrected chi connectivity index (χ2v) is 9.04. The lowest BCUT2D eigenvalue weighted by Gasteiger charge is -2.25.